The summed E-state index contributed by atoms with van der Waals surface area (Å²) in [5.74, 6) is 0.298. The van der Waals surface area contributed by atoms with Gasteiger partial charge in [-0.1, -0.05) is 55.5 Å². The third kappa shape index (κ3) is 5.54. The Morgan fingerprint density at radius 2 is 1.84 bits per heavy atom. The Hall–Kier alpha value is -2.19. The molecule has 0 amide bonds. The van der Waals surface area contributed by atoms with E-state index in [1.54, 1.807) is 25.1 Å². The van der Waals surface area contributed by atoms with Crippen LogP contribution in [0.25, 0.3) is 12.2 Å². The molecule has 1 aliphatic heterocycles. The molecule has 31 heavy (non-hydrogen) atoms. The van der Waals surface area contributed by atoms with E-state index in [9.17, 15) is 13.5 Å². The summed E-state index contributed by atoms with van der Waals surface area (Å²) in [6.07, 6.45) is 3.74. The summed E-state index contributed by atoms with van der Waals surface area (Å²) >= 11 is 0. The number of aliphatic hydroxyl groups is 1. The number of hydrogen-bond donors (Lipinski definition) is 1. The standard InChI is InChI=1S/C24H32N2O4S/c1-18-15-26(19(2)17-27)31(28,29)24-13-12-21(11-10-20-8-6-5-7-9-20)14-22(24)30-23(18)16-25(3)4/h5-14,18-19,23,27H,15-17H2,1-4H3/b11-10+/t18-,19-,23-/m1/s1. The van der Waals surface area contributed by atoms with Crippen LogP contribution in [0.3, 0.4) is 0 Å². The van der Waals surface area contributed by atoms with Crippen LogP contribution in [0, 0.1) is 5.92 Å². The van der Waals surface area contributed by atoms with Crippen molar-refractivity contribution in [3.63, 3.8) is 0 Å². The molecule has 1 N–H and O–H groups in total. The Kier molecular flexibility index (Phi) is 7.54. The van der Waals surface area contributed by atoms with E-state index in [2.05, 4.69) is 0 Å². The highest BCUT2D eigenvalue weighted by Gasteiger charge is 2.37. The number of fused-ring (bicyclic) bond motifs is 1. The summed E-state index contributed by atoms with van der Waals surface area (Å²) in [5.41, 5.74) is 1.92. The Morgan fingerprint density at radius 3 is 2.48 bits per heavy atom. The number of ether oxygens (including phenoxy) is 1. The van der Waals surface area contributed by atoms with Gasteiger partial charge in [-0.2, -0.15) is 4.31 Å². The number of aliphatic hydroxyl groups excluding tert-OH is 1. The molecule has 6 nitrogen and oxygen atoms in total. The minimum absolute atomic E-state index is 0.0529. The largest absolute Gasteiger partial charge is 0.487 e. The molecule has 0 radical (unpaired) electrons. The molecule has 0 spiro atoms. The maximum Gasteiger partial charge on any atom is 0.247 e. The molecule has 168 valence electrons. The van der Waals surface area contributed by atoms with Crippen LogP contribution in [-0.4, -0.2) is 68.7 Å². The van der Waals surface area contributed by atoms with E-state index >= 15 is 0 Å². The first-order chi connectivity index (χ1) is 14.7. The first kappa shape index (κ1) is 23.5. The third-order valence-electron chi connectivity index (χ3n) is 5.50. The van der Waals surface area contributed by atoms with Gasteiger partial charge in [0.15, 0.2) is 0 Å². The van der Waals surface area contributed by atoms with E-state index in [1.165, 1.54) is 4.31 Å². The second-order valence-electron chi connectivity index (χ2n) is 8.45. The zero-order chi connectivity index (χ0) is 22.6. The monoisotopic (exact) mass is 444 g/mol. The molecule has 2 aromatic carbocycles. The van der Waals surface area contributed by atoms with Gasteiger partial charge in [-0.25, -0.2) is 8.42 Å². The number of hydrogen-bond acceptors (Lipinski definition) is 5. The minimum atomic E-state index is -3.81. The lowest BCUT2D eigenvalue weighted by Gasteiger charge is -2.37. The van der Waals surface area contributed by atoms with Crippen LogP contribution in [0.4, 0.5) is 0 Å². The van der Waals surface area contributed by atoms with Crippen molar-refractivity contribution in [2.45, 2.75) is 30.9 Å². The number of rotatable bonds is 6. The highest BCUT2D eigenvalue weighted by Crippen LogP contribution is 2.34. The Bertz CT molecular complexity index is 1010. The van der Waals surface area contributed by atoms with Crippen LogP contribution in [0.1, 0.15) is 25.0 Å². The zero-order valence-corrected chi connectivity index (χ0v) is 19.4. The molecular weight excluding hydrogens is 412 g/mol. The fraction of sp³-hybridized carbons (Fsp3) is 0.417. The maximum atomic E-state index is 13.4. The van der Waals surface area contributed by atoms with Gasteiger partial charge in [0.25, 0.3) is 0 Å². The van der Waals surface area contributed by atoms with E-state index < -0.39 is 16.1 Å². The highest BCUT2D eigenvalue weighted by atomic mass is 32.2. The van der Waals surface area contributed by atoms with Gasteiger partial charge in [0, 0.05) is 25.0 Å². The average Bonchev–Trinajstić information content (AvgIpc) is 2.74. The van der Waals surface area contributed by atoms with Gasteiger partial charge in [-0.05, 0) is 44.3 Å². The van der Waals surface area contributed by atoms with Crippen molar-refractivity contribution in [2.75, 3.05) is 33.8 Å². The van der Waals surface area contributed by atoms with Crippen LogP contribution in [0.5, 0.6) is 5.75 Å². The van der Waals surface area contributed by atoms with E-state index in [-0.39, 0.29) is 30.1 Å². The average molecular weight is 445 g/mol. The van der Waals surface area contributed by atoms with Gasteiger partial charge in [0.1, 0.15) is 16.7 Å². The van der Waals surface area contributed by atoms with Gasteiger partial charge in [0.05, 0.1) is 6.61 Å². The van der Waals surface area contributed by atoms with Gasteiger partial charge >= 0.3 is 0 Å². The lowest BCUT2D eigenvalue weighted by Crippen LogP contribution is -2.49. The molecule has 7 heteroatoms. The molecule has 0 aromatic heterocycles. The van der Waals surface area contributed by atoms with Crippen LogP contribution in [-0.2, 0) is 10.0 Å². The van der Waals surface area contributed by atoms with Crippen LogP contribution < -0.4 is 4.74 Å². The van der Waals surface area contributed by atoms with Crippen LogP contribution in [0.15, 0.2) is 53.4 Å². The van der Waals surface area contributed by atoms with Crippen molar-refractivity contribution >= 4 is 22.2 Å². The minimum Gasteiger partial charge on any atom is -0.487 e. The lowest BCUT2D eigenvalue weighted by molar-refractivity contribution is 0.0812. The van der Waals surface area contributed by atoms with E-state index in [4.69, 9.17) is 4.74 Å². The first-order valence-corrected chi connectivity index (χ1v) is 12.0. The summed E-state index contributed by atoms with van der Waals surface area (Å²) in [7, 11) is 0.132. The van der Waals surface area contributed by atoms with Crippen LogP contribution >= 0.6 is 0 Å². The van der Waals surface area contributed by atoms with Gasteiger partial charge in [-0.3, -0.25) is 0 Å². The summed E-state index contributed by atoms with van der Waals surface area (Å²) in [4.78, 5) is 2.18. The fourth-order valence-electron chi connectivity index (χ4n) is 3.68. The molecule has 0 saturated heterocycles. The predicted molar refractivity (Wildman–Crippen MR) is 124 cm³/mol. The van der Waals surface area contributed by atoms with Gasteiger partial charge in [0.2, 0.25) is 10.0 Å². The molecule has 1 aliphatic rings. The topological polar surface area (TPSA) is 70.1 Å². The number of nitrogens with zero attached hydrogens (tertiary/aromatic N) is 2. The van der Waals surface area contributed by atoms with E-state index in [0.29, 0.717) is 12.3 Å². The molecule has 3 atom stereocenters. The molecule has 0 fully saturated rings. The summed E-state index contributed by atoms with van der Waals surface area (Å²) < 4.78 is 34.6. The molecule has 0 unspecified atom stereocenters. The fourth-order valence-corrected chi connectivity index (χ4v) is 5.51. The Balaban J connectivity index is 2.05. The Morgan fingerprint density at radius 1 is 1.16 bits per heavy atom. The van der Waals surface area contributed by atoms with Crippen molar-refractivity contribution in [1.29, 1.82) is 0 Å². The smallest absolute Gasteiger partial charge is 0.247 e. The molecule has 2 aromatic rings. The van der Waals surface area contributed by atoms with Crippen LogP contribution in [0.2, 0.25) is 0 Å². The molecule has 0 bridgehead atoms. The molecule has 0 saturated carbocycles. The Labute approximate surface area is 185 Å². The maximum absolute atomic E-state index is 13.4. The van der Waals surface area contributed by atoms with Gasteiger partial charge < -0.3 is 14.7 Å². The quantitative estimate of drug-likeness (QED) is 0.693. The predicted octanol–water partition coefficient (Wildman–Crippen LogP) is 3.19. The molecular formula is C24H32N2O4S. The first-order valence-electron chi connectivity index (χ1n) is 10.5. The SMILES string of the molecule is C[C@@H]1CN([C@H](C)CO)S(=O)(=O)c2ccc(/C=C/c3ccccc3)cc2O[C@@H]1CN(C)C. The second-order valence-corrected chi connectivity index (χ2v) is 10.3. The van der Waals surface area contributed by atoms with Crippen molar-refractivity contribution < 1.29 is 18.3 Å². The van der Waals surface area contributed by atoms with Crippen molar-refractivity contribution in [1.82, 2.24) is 9.21 Å². The van der Waals surface area contributed by atoms with Gasteiger partial charge in [-0.15, -0.1) is 0 Å². The molecule has 3 rings (SSSR count). The number of likely N-dealkylation sites (N-methyl/N-ethyl adjacent to an activating group) is 1. The normalized spacial score (nSPS) is 22.5. The van der Waals surface area contributed by atoms with E-state index in [1.807, 2.05) is 68.4 Å². The lowest BCUT2D eigenvalue weighted by atomic mass is 10.0. The van der Waals surface area contributed by atoms with E-state index in [0.717, 1.165) is 11.1 Å². The summed E-state index contributed by atoms with van der Waals surface area (Å²) in [6, 6.07) is 14.6. The molecule has 1 heterocycles. The van der Waals surface area contributed by atoms with Crippen molar-refractivity contribution in [3.8, 4) is 5.75 Å². The number of benzene rings is 2. The third-order valence-corrected chi connectivity index (χ3v) is 7.52. The zero-order valence-electron chi connectivity index (χ0n) is 18.6. The summed E-state index contributed by atoms with van der Waals surface area (Å²) in [6.45, 7) is 4.43. The van der Waals surface area contributed by atoms with Crippen molar-refractivity contribution in [3.05, 3.63) is 59.7 Å². The second kappa shape index (κ2) is 9.96. The highest BCUT2D eigenvalue weighted by molar-refractivity contribution is 7.89. The number of sulfonamides is 1. The molecule has 0 aliphatic carbocycles. The van der Waals surface area contributed by atoms with Crippen molar-refractivity contribution in [2.24, 2.45) is 5.92 Å². The summed E-state index contributed by atoms with van der Waals surface area (Å²) in [5, 5.41) is 9.69.